The Morgan fingerprint density at radius 1 is 0.871 bits per heavy atom. The number of sulfonamides is 1. The second-order valence-corrected chi connectivity index (χ2v) is 8.91. The van der Waals surface area contributed by atoms with Crippen molar-refractivity contribution in [2.75, 3.05) is 17.1 Å². The predicted molar refractivity (Wildman–Crippen MR) is 123 cm³/mol. The van der Waals surface area contributed by atoms with Gasteiger partial charge >= 0.3 is 0 Å². The standard InChI is InChI=1S/C21H16Cl2N4O3S/c1-30-18-9-5-4-8-17(18)26-20-21(25-16-7-3-2-6-15(16)24-20)27-31(28,29)19-12-13(22)10-11-14(19)23/h2-12H,1H3,(H,24,26)(H,25,27). The van der Waals surface area contributed by atoms with Gasteiger partial charge in [-0.15, -0.1) is 0 Å². The Labute approximate surface area is 189 Å². The van der Waals surface area contributed by atoms with Crippen molar-refractivity contribution in [1.29, 1.82) is 0 Å². The van der Waals surface area contributed by atoms with Crippen molar-refractivity contribution in [3.05, 3.63) is 76.8 Å². The average Bonchev–Trinajstić information content (AvgIpc) is 2.76. The number of nitrogens with zero attached hydrogens (tertiary/aromatic N) is 2. The lowest BCUT2D eigenvalue weighted by molar-refractivity contribution is 0.417. The molecule has 0 saturated carbocycles. The molecule has 2 N–H and O–H groups in total. The van der Waals surface area contributed by atoms with E-state index < -0.39 is 10.0 Å². The van der Waals surface area contributed by atoms with Gasteiger partial charge in [0.15, 0.2) is 11.6 Å². The van der Waals surface area contributed by atoms with E-state index in [0.717, 1.165) is 0 Å². The first-order valence-electron chi connectivity index (χ1n) is 9.02. The Bertz CT molecular complexity index is 1380. The van der Waals surface area contributed by atoms with E-state index in [0.29, 0.717) is 22.5 Å². The number of methoxy groups -OCH3 is 1. The molecule has 0 fully saturated rings. The van der Waals surface area contributed by atoms with Crippen LogP contribution in [0.3, 0.4) is 0 Å². The molecule has 0 spiro atoms. The van der Waals surface area contributed by atoms with Gasteiger partial charge in [0.1, 0.15) is 10.6 Å². The van der Waals surface area contributed by atoms with Crippen LogP contribution in [0.25, 0.3) is 11.0 Å². The molecule has 0 amide bonds. The molecule has 4 rings (SSSR count). The lowest BCUT2D eigenvalue weighted by atomic mass is 10.3. The summed E-state index contributed by atoms with van der Waals surface area (Å²) in [6, 6.07) is 18.5. The molecule has 31 heavy (non-hydrogen) atoms. The Balaban J connectivity index is 1.82. The Morgan fingerprint density at radius 3 is 2.23 bits per heavy atom. The van der Waals surface area contributed by atoms with Gasteiger partial charge in [-0.3, -0.25) is 4.72 Å². The number of nitrogens with one attached hydrogen (secondary N) is 2. The first-order chi connectivity index (χ1) is 14.9. The number of hydrogen-bond acceptors (Lipinski definition) is 6. The number of anilines is 3. The van der Waals surface area contributed by atoms with Crippen LogP contribution in [0.15, 0.2) is 71.6 Å². The van der Waals surface area contributed by atoms with Gasteiger partial charge in [0, 0.05) is 5.02 Å². The van der Waals surface area contributed by atoms with Gasteiger partial charge in [0.25, 0.3) is 10.0 Å². The molecule has 0 atom stereocenters. The van der Waals surface area contributed by atoms with Crippen molar-refractivity contribution in [3.8, 4) is 5.75 Å². The van der Waals surface area contributed by atoms with Crippen molar-refractivity contribution >= 4 is 61.6 Å². The second-order valence-electron chi connectivity index (χ2n) is 6.42. The zero-order valence-corrected chi connectivity index (χ0v) is 18.5. The molecule has 0 unspecified atom stereocenters. The molecule has 158 valence electrons. The monoisotopic (exact) mass is 474 g/mol. The van der Waals surface area contributed by atoms with Crippen molar-refractivity contribution in [2.24, 2.45) is 0 Å². The van der Waals surface area contributed by atoms with Gasteiger partial charge in [-0.1, -0.05) is 47.5 Å². The molecule has 0 saturated heterocycles. The van der Waals surface area contributed by atoms with Gasteiger partial charge in [-0.2, -0.15) is 0 Å². The van der Waals surface area contributed by atoms with Crippen LogP contribution in [0.2, 0.25) is 10.0 Å². The maximum Gasteiger partial charge on any atom is 0.264 e. The fourth-order valence-electron chi connectivity index (χ4n) is 2.90. The van der Waals surface area contributed by atoms with Crippen LogP contribution in [0.5, 0.6) is 5.75 Å². The van der Waals surface area contributed by atoms with E-state index >= 15 is 0 Å². The number of rotatable bonds is 6. The second kappa shape index (κ2) is 8.58. The van der Waals surface area contributed by atoms with Crippen LogP contribution in [-0.4, -0.2) is 25.5 Å². The van der Waals surface area contributed by atoms with E-state index in [1.165, 1.54) is 25.3 Å². The quantitative estimate of drug-likeness (QED) is 0.383. The highest BCUT2D eigenvalue weighted by molar-refractivity contribution is 7.92. The average molecular weight is 475 g/mol. The van der Waals surface area contributed by atoms with Gasteiger partial charge in [-0.25, -0.2) is 18.4 Å². The first-order valence-corrected chi connectivity index (χ1v) is 11.3. The third-order valence-corrected chi connectivity index (χ3v) is 6.40. The third kappa shape index (κ3) is 4.51. The Kier molecular flexibility index (Phi) is 5.86. The van der Waals surface area contributed by atoms with Crippen LogP contribution >= 0.6 is 23.2 Å². The van der Waals surface area contributed by atoms with Gasteiger partial charge in [0.2, 0.25) is 0 Å². The van der Waals surface area contributed by atoms with Crippen LogP contribution in [0, 0.1) is 0 Å². The molecule has 4 aromatic rings. The van der Waals surface area contributed by atoms with Crippen LogP contribution in [0.4, 0.5) is 17.3 Å². The molecule has 0 aliphatic heterocycles. The summed E-state index contributed by atoms with van der Waals surface area (Å²) >= 11 is 12.1. The molecule has 10 heteroatoms. The largest absolute Gasteiger partial charge is 0.495 e. The predicted octanol–water partition coefficient (Wildman–Crippen LogP) is 5.49. The number of ether oxygens (including phenoxy) is 1. The van der Waals surface area contributed by atoms with Gasteiger partial charge < -0.3 is 10.1 Å². The molecule has 0 aliphatic carbocycles. The number of benzene rings is 3. The Hall–Kier alpha value is -3.07. The highest BCUT2D eigenvalue weighted by atomic mass is 35.5. The van der Waals surface area contributed by atoms with E-state index in [1.807, 2.05) is 18.2 Å². The molecule has 3 aromatic carbocycles. The summed E-state index contributed by atoms with van der Waals surface area (Å²) in [6.45, 7) is 0. The summed E-state index contributed by atoms with van der Waals surface area (Å²) in [7, 11) is -2.57. The van der Waals surface area contributed by atoms with Gasteiger partial charge in [-0.05, 0) is 42.5 Å². The van der Waals surface area contributed by atoms with E-state index in [-0.39, 0.29) is 26.6 Å². The lowest BCUT2D eigenvalue weighted by Crippen LogP contribution is -2.16. The number of aromatic nitrogens is 2. The highest BCUT2D eigenvalue weighted by Crippen LogP contribution is 2.32. The van der Waals surface area contributed by atoms with Crippen LogP contribution < -0.4 is 14.8 Å². The maximum absolute atomic E-state index is 13.1. The number of fused-ring (bicyclic) bond motifs is 1. The van der Waals surface area contributed by atoms with Crippen LogP contribution in [-0.2, 0) is 10.0 Å². The molecule has 7 nitrogen and oxygen atoms in total. The molecular weight excluding hydrogens is 459 g/mol. The minimum Gasteiger partial charge on any atom is -0.495 e. The summed E-state index contributed by atoms with van der Waals surface area (Å²) in [5, 5.41) is 3.37. The topological polar surface area (TPSA) is 93.2 Å². The smallest absolute Gasteiger partial charge is 0.264 e. The minimum absolute atomic E-state index is 0.000600. The number of para-hydroxylation sites is 4. The summed E-state index contributed by atoms with van der Waals surface area (Å²) in [4.78, 5) is 8.84. The fraction of sp³-hybridized carbons (Fsp3) is 0.0476. The maximum atomic E-state index is 13.1. The summed E-state index contributed by atoms with van der Waals surface area (Å²) in [6.07, 6.45) is 0. The normalized spacial score (nSPS) is 11.3. The summed E-state index contributed by atoms with van der Waals surface area (Å²) in [5.41, 5.74) is 1.70. The molecule has 1 aromatic heterocycles. The lowest BCUT2D eigenvalue weighted by Gasteiger charge is -2.15. The van der Waals surface area contributed by atoms with E-state index in [1.54, 1.807) is 30.3 Å². The van der Waals surface area contributed by atoms with Gasteiger partial charge in [0.05, 0.1) is 28.9 Å². The first kappa shape index (κ1) is 21.2. The van der Waals surface area contributed by atoms with E-state index in [2.05, 4.69) is 20.0 Å². The van der Waals surface area contributed by atoms with Crippen molar-refractivity contribution in [1.82, 2.24) is 9.97 Å². The van der Waals surface area contributed by atoms with Crippen molar-refractivity contribution < 1.29 is 13.2 Å². The number of halogens is 2. The van der Waals surface area contributed by atoms with E-state index in [4.69, 9.17) is 27.9 Å². The van der Waals surface area contributed by atoms with Crippen molar-refractivity contribution in [2.45, 2.75) is 4.90 Å². The minimum atomic E-state index is -4.11. The van der Waals surface area contributed by atoms with Crippen LogP contribution in [0.1, 0.15) is 0 Å². The van der Waals surface area contributed by atoms with E-state index in [9.17, 15) is 8.42 Å². The summed E-state index contributed by atoms with van der Waals surface area (Å²) in [5.74, 6) is 0.759. The highest BCUT2D eigenvalue weighted by Gasteiger charge is 2.22. The number of hydrogen-bond donors (Lipinski definition) is 2. The summed E-state index contributed by atoms with van der Waals surface area (Å²) < 4.78 is 34.0. The molecule has 1 heterocycles. The van der Waals surface area contributed by atoms with Crippen molar-refractivity contribution in [3.63, 3.8) is 0 Å². The Morgan fingerprint density at radius 2 is 1.52 bits per heavy atom. The fourth-order valence-corrected chi connectivity index (χ4v) is 4.67. The zero-order valence-electron chi connectivity index (χ0n) is 16.1. The molecule has 0 aliphatic rings. The molecular formula is C21H16Cl2N4O3S. The SMILES string of the molecule is COc1ccccc1Nc1nc2ccccc2nc1NS(=O)(=O)c1cc(Cl)ccc1Cl. The molecule has 0 bridgehead atoms. The molecule has 0 radical (unpaired) electrons. The third-order valence-electron chi connectivity index (χ3n) is 4.34. The zero-order chi connectivity index (χ0) is 22.0.